The van der Waals surface area contributed by atoms with E-state index in [9.17, 15) is 0 Å². The number of aliphatic hydroxyl groups is 1. The first-order valence-corrected chi connectivity index (χ1v) is 2.46. The lowest BCUT2D eigenvalue weighted by Gasteiger charge is -2.06. The summed E-state index contributed by atoms with van der Waals surface area (Å²) in [7, 11) is 0. The number of rotatable bonds is 0. The summed E-state index contributed by atoms with van der Waals surface area (Å²) in [6, 6.07) is 0. The summed E-state index contributed by atoms with van der Waals surface area (Å²) in [5.74, 6) is 5.12. The van der Waals surface area contributed by atoms with Crippen molar-refractivity contribution in [1.29, 1.82) is 0 Å². The van der Waals surface area contributed by atoms with Crippen molar-refractivity contribution in [2.45, 2.75) is 19.4 Å². The van der Waals surface area contributed by atoms with Crippen LogP contribution in [-0.2, 0) is 0 Å². The van der Waals surface area contributed by atoms with E-state index in [0.717, 1.165) is 0 Å². The molecule has 0 fully saturated rings. The minimum absolute atomic E-state index is 0. The predicted octanol–water partition coefficient (Wildman–Crippen LogP) is 0.141. The van der Waals surface area contributed by atoms with Crippen LogP contribution in [0.3, 0.4) is 0 Å². The van der Waals surface area contributed by atoms with E-state index in [-0.39, 0.29) is 19.0 Å². The van der Waals surface area contributed by atoms with Gasteiger partial charge in [0.1, 0.15) is 6.61 Å². The molecular weight excluding hydrogens is 138 g/mol. The Morgan fingerprint density at radius 1 is 1.56 bits per heavy atom. The van der Waals surface area contributed by atoms with Gasteiger partial charge in [0.15, 0.2) is 0 Å². The molecule has 54 valence electrons. The summed E-state index contributed by atoms with van der Waals surface area (Å²) < 4.78 is 0. The van der Waals surface area contributed by atoms with Gasteiger partial charge in [-0.25, -0.2) is 0 Å². The van der Waals surface area contributed by atoms with Gasteiger partial charge in [-0.05, 0) is 13.8 Å². The molecule has 0 aromatic heterocycles. The smallest absolute Gasteiger partial charge is 0.104 e. The van der Waals surface area contributed by atoms with E-state index in [0.29, 0.717) is 0 Å². The normalized spacial score (nSPS) is 8.89. The van der Waals surface area contributed by atoms with Gasteiger partial charge in [-0.3, -0.25) is 0 Å². The van der Waals surface area contributed by atoms with Crippen LogP contribution in [0.15, 0.2) is 0 Å². The molecule has 0 rings (SSSR count). The minimum atomic E-state index is -0.470. The van der Waals surface area contributed by atoms with Gasteiger partial charge in [0, 0.05) is 0 Å². The Morgan fingerprint density at radius 3 is 2.11 bits per heavy atom. The molecule has 0 saturated carbocycles. The first-order chi connectivity index (χ1) is 3.56. The zero-order valence-electron chi connectivity index (χ0n) is 5.64. The molecule has 0 bridgehead atoms. The summed E-state index contributed by atoms with van der Waals surface area (Å²) >= 11 is 0. The van der Waals surface area contributed by atoms with Gasteiger partial charge >= 0.3 is 0 Å². The molecule has 0 aliphatic rings. The highest BCUT2D eigenvalue weighted by molar-refractivity contribution is 5.85. The molecule has 3 N–H and O–H groups in total. The third-order valence-corrected chi connectivity index (χ3v) is 0.490. The summed E-state index contributed by atoms with van der Waals surface area (Å²) in [6.45, 7) is 3.46. The van der Waals surface area contributed by atoms with E-state index in [2.05, 4.69) is 11.8 Å². The highest BCUT2D eigenvalue weighted by Crippen LogP contribution is 1.90. The molecule has 3 heteroatoms. The molecule has 0 aliphatic heterocycles. The van der Waals surface area contributed by atoms with Crippen molar-refractivity contribution in [2.75, 3.05) is 6.61 Å². The van der Waals surface area contributed by atoms with E-state index in [1.807, 2.05) is 0 Å². The summed E-state index contributed by atoms with van der Waals surface area (Å²) in [4.78, 5) is 0. The number of halogens is 1. The van der Waals surface area contributed by atoms with Gasteiger partial charge in [0.05, 0.1) is 5.54 Å². The van der Waals surface area contributed by atoms with E-state index in [4.69, 9.17) is 10.8 Å². The van der Waals surface area contributed by atoms with Gasteiger partial charge in [0.2, 0.25) is 0 Å². The molecule has 0 unspecified atom stereocenters. The van der Waals surface area contributed by atoms with Crippen LogP contribution >= 0.6 is 12.4 Å². The summed E-state index contributed by atoms with van der Waals surface area (Å²) in [5, 5.41) is 8.20. The fraction of sp³-hybridized carbons (Fsp3) is 0.667. The number of nitrogens with two attached hydrogens (primary N) is 1. The average molecular weight is 150 g/mol. The molecule has 0 aliphatic carbocycles. The zero-order chi connectivity index (χ0) is 6.62. The molecule has 0 atom stereocenters. The zero-order valence-corrected chi connectivity index (χ0v) is 6.46. The Balaban J connectivity index is 0. The Labute approximate surface area is 61.9 Å². The van der Waals surface area contributed by atoms with Gasteiger partial charge in [-0.15, -0.1) is 12.4 Å². The van der Waals surface area contributed by atoms with Crippen molar-refractivity contribution in [1.82, 2.24) is 0 Å². The van der Waals surface area contributed by atoms with Crippen LogP contribution in [0.4, 0.5) is 0 Å². The van der Waals surface area contributed by atoms with Crippen LogP contribution in [0.1, 0.15) is 13.8 Å². The maximum atomic E-state index is 8.20. The molecule has 0 aromatic rings. The van der Waals surface area contributed by atoms with E-state index >= 15 is 0 Å². The van der Waals surface area contributed by atoms with Crippen molar-refractivity contribution in [2.24, 2.45) is 5.73 Å². The van der Waals surface area contributed by atoms with E-state index in [1.54, 1.807) is 13.8 Å². The summed E-state index contributed by atoms with van der Waals surface area (Å²) in [6.07, 6.45) is 0. The van der Waals surface area contributed by atoms with Crippen molar-refractivity contribution < 1.29 is 5.11 Å². The third kappa shape index (κ3) is 11.4. The molecule has 0 heterocycles. The van der Waals surface area contributed by atoms with Gasteiger partial charge in [0.25, 0.3) is 0 Å². The fourth-order valence-electron chi connectivity index (χ4n) is 0.267. The van der Waals surface area contributed by atoms with Crippen LogP contribution in [0.5, 0.6) is 0 Å². The second-order valence-electron chi connectivity index (χ2n) is 2.18. The number of hydrogen-bond donors (Lipinski definition) is 2. The van der Waals surface area contributed by atoms with Crippen LogP contribution in [0.25, 0.3) is 0 Å². The fourth-order valence-corrected chi connectivity index (χ4v) is 0.267. The molecule has 2 nitrogen and oxygen atoms in total. The van der Waals surface area contributed by atoms with Gasteiger partial charge in [-0.2, -0.15) is 0 Å². The van der Waals surface area contributed by atoms with Crippen LogP contribution in [0.2, 0.25) is 0 Å². The Kier molecular flexibility index (Phi) is 5.94. The highest BCUT2D eigenvalue weighted by atomic mass is 35.5. The average Bonchev–Trinajstić information content (AvgIpc) is 1.59. The van der Waals surface area contributed by atoms with Crippen LogP contribution in [0, 0.1) is 11.8 Å². The molecule has 0 spiro atoms. The molecule has 0 radical (unpaired) electrons. The maximum Gasteiger partial charge on any atom is 0.104 e. The second-order valence-corrected chi connectivity index (χ2v) is 2.18. The summed E-state index contributed by atoms with van der Waals surface area (Å²) in [5.41, 5.74) is 4.97. The number of hydrogen-bond acceptors (Lipinski definition) is 2. The van der Waals surface area contributed by atoms with Crippen molar-refractivity contribution in [3.8, 4) is 11.8 Å². The van der Waals surface area contributed by atoms with Gasteiger partial charge < -0.3 is 10.8 Å². The number of aliphatic hydroxyl groups excluding tert-OH is 1. The second kappa shape index (κ2) is 4.63. The van der Waals surface area contributed by atoms with Crippen molar-refractivity contribution in [3.05, 3.63) is 0 Å². The van der Waals surface area contributed by atoms with Crippen LogP contribution in [-0.4, -0.2) is 17.3 Å². The Bertz CT molecular complexity index is 117. The standard InChI is InChI=1S/C6H11NO.ClH/c1-6(2,7)4-3-5-8;/h8H,5,7H2,1-2H3;1H. The lowest BCUT2D eigenvalue weighted by Crippen LogP contribution is -2.29. The SMILES string of the molecule is CC(C)(N)C#CCO.Cl. The lowest BCUT2D eigenvalue weighted by atomic mass is 10.1. The maximum absolute atomic E-state index is 8.20. The Morgan fingerprint density at radius 2 is 2.00 bits per heavy atom. The topological polar surface area (TPSA) is 46.2 Å². The monoisotopic (exact) mass is 149 g/mol. The highest BCUT2D eigenvalue weighted by Gasteiger charge is 2.02. The third-order valence-electron chi connectivity index (χ3n) is 0.490. The first-order valence-electron chi connectivity index (χ1n) is 2.46. The predicted molar refractivity (Wildman–Crippen MR) is 40.4 cm³/mol. The lowest BCUT2D eigenvalue weighted by molar-refractivity contribution is 0.350. The van der Waals surface area contributed by atoms with E-state index < -0.39 is 5.54 Å². The first kappa shape index (κ1) is 11.6. The molecule has 0 saturated heterocycles. The van der Waals surface area contributed by atoms with E-state index in [1.165, 1.54) is 0 Å². The van der Waals surface area contributed by atoms with Crippen molar-refractivity contribution in [3.63, 3.8) is 0 Å². The van der Waals surface area contributed by atoms with Crippen LogP contribution < -0.4 is 5.73 Å². The van der Waals surface area contributed by atoms with Gasteiger partial charge in [-0.1, -0.05) is 11.8 Å². The van der Waals surface area contributed by atoms with Crippen molar-refractivity contribution >= 4 is 12.4 Å². The minimum Gasteiger partial charge on any atom is -0.384 e. The Hall–Kier alpha value is -0.230. The molecule has 9 heavy (non-hydrogen) atoms. The molecular formula is C6H12ClNO. The largest absolute Gasteiger partial charge is 0.384 e. The quantitative estimate of drug-likeness (QED) is 0.482. The molecule has 0 aromatic carbocycles. The molecule has 0 amide bonds.